The summed E-state index contributed by atoms with van der Waals surface area (Å²) in [7, 11) is 1.68. The lowest BCUT2D eigenvalue weighted by molar-refractivity contribution is 0.518. The standard InChI is InChI=1S/C6H15N.C2H7N3.2H2/c1-5(2)7-6(3)4;1-4-5-2-3;;/h5-7H,1-4H3;2,4H,1H3,(H2,3,5);2*1H. The molecule has 0 heterocycles. The van der Waals surface area contributed by atoms with Crippen LogP contribution in [0, 0.1) is 0 Å². The first-order chi connectivity index (χ1) is 5.54. The summed E-state index contributed by atoms with van der Waals surface area (Å²) in [4.78, 5) is 0. The largest absolute Gasteiger partial charge is 0.388 e. The number of nitrogens with zero attached hydrogens (tertiary/aromatic N) is 1. The second-order valence-corrected chi connectivity index (χ2v) is 2.98. The van der Waals surface area contributed by atoms with E-state index in [-0.39, 0.29) is 2.85 Å². The third-order valence-electron chi connectivity index (χ3n) is 0.870. The molecule has 12 heavy (non-hydrogen) atoms. The van der Waals surface area contributed by atoms with E-state index in [0.29, 0.717) is 12.1 Å². The van der Waals surface area contributed by atoms with Crippen molar-refractivity contribution < 1.29 is 2.85 Å². The molecule has 0 spiro atoms. The predicted molar refractivity (Wildman–Crippen MR) is 59.4 cm³/mol. The van der Waals surface area contributed by atoms with E-state index in [2.05, 4.69) is 43.5 Å². The summed E-state index contributed by atoms with van der Waals surface area (Å²) < 4.78 is 0. The van der Waals surface area contributed by atoms with Gasteiger partial charge in [-0.3, -0.25) is 0 Å². The highest BCUT2D eigenvalue weighted by atomic mass is 15.3. The highest BCUT2D eigenvalue weighted by molar-refractivity contribution is 5.50. The van der Waals surface area contributed by atoms with Gasteiger partial charge in [0.15, 0.2) is 0 Å². The molecule has 78 valence electrons. The monoisotopic (exact) mass is 178 g/mol. The minimum Gasteiger partial charge on any atom is -0.388 e. The molecule has 0 aromatic rings. The molecule has 0 rings (SSSR count). The van der Waals surface area contributed by atoms with Crippen LogP contribution >= 0.6 is 0 Å². The van der Waals surface area contributed by atoms with Crippen molar-refractivity contribution in [3.05, 3.63) is 0 Å². The van der Waals surface area contributed by atoms with E-state index < -0.39 is 0 Å². The molecule has 4 nitrogen and oxygen atoms in total. The maximum absolute atomic E-state index is 4.78. The Bertz CT molecular complexity index is 102. The van der Waals surface area contributed by atoms with Crippen molar-refractivity contribution in [2.24, 2.45) is 10.8 Å². The zero-order valence-electron chi connectivity index (χ0n) is 8.76. The van der Waals surface area contributed by atoms with Crippen LogP contribution in [0.3, 0.4) is 0 Å². The quantitative estimate of drug-likeness (QED) is 0.343. The first-order valence-corrected chi connectivity index (χ1v) is 4.20. The number of hydrazone groups is 1. The van der Waals surface area contributed by atoms with Crippen LogP contribution in [0.25, 0.3) is 0 Å². The SMILES string of the molecule is CC(C)NC(C)C.CN/N=C\N.[HH].[HH]. The fourth-order valence-electron chi connectivity index (χ4n) is 0.741. The minimum absolute atomic E-state index is 0. The number of nitrogens with two attached hydrogens (primary N) is 1. The normalized spacial score (nSPS) is 10.2. The van der Waals surface area contributed by atoms with Gasteiger partial charge in [0.1, 0.15) is 6.34 Å². The second-order valence-electron chi connectivity index (χ2n) is 2.98. The zero-order valence-corrected chi connectivity index (χ0v) is 8.76. The van der Waals surface area contributed by atoms with E-state index in [1.807, 2.05) is 0 Å². The van der Waals surface area contributed by atoms with Crippen molar-refractivity contribution in [2.75, 3.05) is 7.05 Å². The molecule has 0 aromatic heterocycles. The van der Waals surface area contributed by atoms with E-state index >= 15 is 0 Å². The molecular formula is C8H26N4. The fraction of sp³-hybridized carbons (Fsp3) is 0.875. The minimum atomic E-state index is 0. The van der Waals surface area contributed by atoms with Crippen LogP contribution in [-0.2, 0) is 0 Å². The first-order valence-electron chi connectivity index (χ1n) is 4.20. The van der Waals surface area contributed by atoms with Gasteiger partial charge >= 0.3 is 0 Å². The van der Waals surface area contributed by atoms with Crippen molar-refractivity contribution in [1.82, 2.24) is 10.7 Å². The lowest BCUT2D eigenvalue weighted by Gasteiger charge is -2.10. The molecule has 0 aliphatic carbocycles. The van der Waals surface area contributed by atoms with Crippen LogP contribution in [-0.4, -0.2) is 25.5 Å². The summed E-state index contributed by atoms with van der Waals surface area (Å²) in [5, 5.41) is 6.68. The predicted octanol–water partition coefficient (Wildman–Crippen LogP) is 0.993. The fourth-order valence-corrected chi connectivity index (χ4v) is 0.741. The van der Waals surface area contributed by atoms with Gasteiger partial charge in [0.05, 0.1) is 0 Å². The summed E-state index contributed by atoms with van der Waals surface area (Å²) in [6.07, 6.45) is 1.19. The Morgan fingerprint density at radius 2 is 1.67 bits per heavy atom. The topological polar surface area (TPSA) is 62.4 Å². The number of hydrogen-bond donors (Lipinski definition) is 3. The molecule has 0 bridgehead atoms. The van der Waals surface area contributed by atoms with Gasteiger partial charge in [-0.25, -0.2) is 0 Å². The lowest BCUT2D eigenvalue weighted by atomic mass is 10.3. The highest BCUT2D eigenvalue weighted by Crippen LogP contribution is 1.80. The maximum atomic E-state index is 4.78. The van der Waals surface area contributed by atoms with E-state index in [4.69, 9.17) is 5.73 Å². The van der Waals surface area contributed by atoms with Gasteiger partial charge in [-0.05, 0) is 0 Å². The Kier molecular flexibility index (Phi) is 11.8. The smallest absolute Gasteiger partial charge is 0.106 e. The number of hydrogen-bond acceptors (Lipinski definition) is 3. The summed E-state index contributed by atoms with van der Waals surface area (Å²) in [5.41, 5.74) is 7.25. The molecule has 0 aliphatic heterocycles. The van der Waals surface area contributed by atoms with Crippen LogP contribution in [0.1, 0.15) is 30.5 Å². The summed E-state index contributed by atoms with van der Waals surface area (Å²) in [6.45, 7) is 8.61. The van der Waals surface area contributed by atoms with Crippen LogP contribution in [0.5, 0.6) is 0 Å². The first kappa shape index (κ1) is 13.8. The average Bonchev–Trinajstić information content (AvgIpc) is 1.87. The van der Waals surface area contributed by atoms with E-state index in [1.165, 1.54) is 6.34 Å². The Balaban J connectivity index is -0.0000000651. The van der Waals surface area contributed by atoms with Crippen LogP contribution in [0.4, 0.5) is 0 Å². The summed E-state index contributed by atoms with van der Waals surface area (Å²) >= 11 is 0. The molecule has 0 atom stereocenters. The highest BCUT2D eigenvalue weighted by Gasteiger charge is 1.92. The van der Waals surface area contributed by atoms with Gasteiger partial charge in [0.2, 0.25) is 0 Å². The average molecular weight is 178 g/mol. The van der Waals surface area contributed by atoms with Gasteiger partial charge in [0.25, 0.3) is 0 Å². The number of rotatable bonds is 3. The van der Waals surface area contributed by atoms with Gasteiger partial charge in [-0.1, -0.05) is 27.7 Å². The molecule has 0 amide bonds. The van der Waals surface area contributed by atoms with Crippen molar-refractivity contribution in [1.29, 1.82) is 0 Å². The molecule has 0 saturated carbocycles. The van der Waals surface area contributed by atoms with Crippen molar-refractivity contribution in [3.63, 3.8) is 0 Å². The number of nitrogens with one attached hydrogen (secondary N) is 2. The lowest BCUT2D eigenvalue weighted by Crippen LogP contribution is -2.29. The molecule has 4 N–H and O–H groups in total. The third-order valence-corrected chi connectivity index (χ3v) is 0.870. The Labute approximate surface area is 78.6 Å². The van der Waals surface area contributed by atoms with Gasteiger partial charge < -0.3 is 16.5 Å². The van der Waals surface area contributed by atoms with Gasteiger partial charge in [-0.15, -0.1) is 0 Å². The summed E-state index contributed by atoms with van der Waals surface area (Å²) in [6, 6.07) is 1.25. The molecule has 0 radical (unpaired) electrons. The Morgan fingerprint density at radius 3 is 1.67 bits per heavy atom. The molecular weight excluding hydrogens is 152 g/mol. The molecule has 4 heteroatoms. The van der Waals surface area contributed by atoms with E-state index in [0.717, 1.165) is 0 Å². The summed E-state index contributed by atoms with van der Waals surface area (Å²) in [5.74, 6) is 0. The van der Waals surface area contributed by atoms with Crippen molar-refractivity contribution in [2.45, 2.75) is 39.8 Å². The maximum Gasteiger partial charge on any atom is 0.106 e. The Morgan fingerprint density at radius 1 is 1.25 bits per heavy atom. The third kappa shape index (κ3) is 22.9. The molecule has 0 saturated heterocycles. The molecule has 0 aromatic carbocycles. The molecule has 0 aliphatic rings. The second kappa shape index (κ2) is 10.2. The van der Waals surface area contributed by atoms with Crippen molar-refractivity contribution >= 4 is 6.34 Å². The van der Waals surface area contributed by atoms with Gasteiger partial charge in [0, 0.05) is 22.0 Å². The van der Waals surface area contributed by atoms with Crippen LogP contribution in [0.15, 0.2) is 5.10 Å². The molecule has 0 fully saturated rings. The van der Waals surface area contributed by atoms with E-state index in [1.54, 1.807) is 7.05 Å². The van der Waals surface area contributed by atoms with Crippen LogP contribution < -0.4 is 16.5 Å². The van der Waals surface area contributed by atoms with Gasteiger partial charge in [-0.2, -0.15) is 5.10 Å². The molecule has 0 unspecified atom stereocenters. The zero-order chi connectivity index (χ0) is 9.98. The van der Waals surface area contributed by atoms with Crippen molar-refractivity contribution in [3.8, 4) is 0 Å². The van der Waals surface area contributed by atoms with Crippen LogP contribution in [0.2, 0.25) is 0 Å². The Hall–Kier alpha value is -0.770. The van der Waals surface area contributed by atoms with E-state index in [9.17, 15) is 0 Å².